The molecule has 0 radical (unpaired) electrons. The maximum absolute atomic E-state index is 13.3. The van der Waals surface area contributed by atoms with Crippen LogP contribution in [0.4, 0.5) is 0 Å². The topological polar surface area (TPSA) is 102 Å². The van der Waals surface area contributed by atoms with Crippen molar-refractivity contribution in [2.75, 3.05) is 13.1 Å². The fraction of sp³-hybridized carbons (Fsp3) is 0.714. The first-order valence-corrected chi connectivity index (χ1v) is 11.0. The number of hydrogen-bond acceptors (Lipinski definition) is 5. The number of imidazole rings is 1. The van der Waals surface area contributed by atoms with E-state index in [0.29, 0.717) is 43.6 Å². The second-order valence-corrected chi connectivity index (χ2v) is 8.25. The number of carbonyl (C=O) groups excluding carboxylic acids is 1. The Kier molecular flexibility index (Phi) is 7.12. The van der Waals surface area contributed by atoms with Crippen LogP contribution < -0.4 is 11.2 Å². The van der Waals surface area contributed by atoms with E-state index in [-0.39, 0.29) is 24.6 Å². The molecule has 0 atom stereocenters. The molecular weight excluding hydrogens is 386 g/mol. The van der Waals surface area contributed by atoms with E-state index in [4.69, 9.17) is 0 Å². The maximum Gasteiger partial charge on any atom is 0.333 e. The molecule has 0 saturated carbocycles. The van der Waals surface area contributed by atoms with Gasteiger partial charge in [-0.25, -0.2) is 14.3 Å². The van der Waals surface area contributed by atoms with Gasteiger partial charge < -0.3 is 14.6 Å². The predicted molar refractivity (Wildman–Crippen MR) is 114 cm³/mol. The van der Waals surface area contributed by atoms with Gasteiger partial charge in [0.2, 0.25) is 5.91 Å². The summed E-state index contributed by atoms with van der Waals surface area (Å²) in [5.41, 5.74) is -0.435. The van der Waals surface area contributed by atoms with Gasteiger partial charge >= 0.3 is 5.69 Å². The number of carbonyl (C=O) groups is 1. The molecule has 2 aromatic heterocycles. The van der Waals surface area contributed by atoms with Gasteiger partial charge in [-0.15, -0.1) is 0 Å². The van der Waals surface area contributed by atoms with Gasteiger partial charge in [-0.3, -0.25) is 14.2 Å². The van der Waals surface area contributed by atoms with Crippen LogP contribution in [-0.4, -0.2) is 47.7 Å². The smallest absolute Gasteiger partial charge is 0.333 e. The molecule has 3 rings (SSSR count). The zero-order valence-corrected chi connectivity index (χ0v) is 18.3. The second-order valence-electron chi connectivity index (χ2n) is 8.25. The monoisotopic (exact) mass is 419 g/mol. The molecule has 1 saturated heterocycles. The predicted octanol–water partition coefficient (Wildman–Crippen LogP) is 1.32. The molecule has 30 heavy (non-hydrogen) atoms. The molecule has 0 unspecified atom stereocenters. The van der Waals surface area contributed by atoms with Crippen molar-refractivity contribution in [2.24, 2.45) is 5.92 Å². The highest BCUT2D eigenvalue weighted by Gasteiger charge is 2.25. The van der Waals surface area contributed by atoms with Gasteiger partial charge in [0.05, 0.1) is 0 Å². The average Bonchev–Trinajstić information content (AvgIpc) is 3.10. The van der Waals surface area contributed by atoms with E-state index in [1.54, 1.807) is 9.47 Å². The Morgan fingerprint density at radius 3 is 2.37 bits per heavy atom. The van der Waals surface area contributed by atoms with Crippen LogP contribution in [0.25, 0.3) is 11.2 Å². The van der Waals surface area contributed by atoms with Crippen molar-refractivity contribution >= 4 is 17.1 Å². The van der Waals surface area contributed by atoms with Crippen LogP contribution in [0.5, 0.6) is 0 Å². The number of nitrogens with zero attached hydrogens (tertiary/aromatic N) is 5. The number of fused-ring (bicyclic) bond motifs is 1. The van der Waals surface area contributed by atoms with Crippen molar-refractivity contribution in [1.82, 2.24) is 23.6 Å². The third-order valence-electron chi connectivity index (χ3n) is 5.95. The van der Waals surface area contributed by atoms with Gasteiger partial charge in [0.15, 0.2) is 11.2 Å². The van der Waals surface area contributed by atoms with Gasteiger partial charge in [0.25, 0.3) is 5.56 Å². The number of unbranched alkanes of at least 4 members (excludes halogenated alkanes) is 1. The fourth-order valence-electron chi connectivity index (χ4n) is 4.07. The van der Waals surface area contributed by atoms with Gasteiger partial charge in [-0.1, -0.05) is 27.2 Å². The third-order valence-corrected chi connectivity index (χ3v) is 5.95. The molecule has 0 aromatic carbocycles. The van der Waals surface area contributed by atoms with Crippen molar-refractivity contribution in [1.29, 1.82) is 0 Å². The van der Waals surface area contributed by atoms with E-state index in [2.05, 4.69) is 11.9 Å². The molecule has 2 aromatic rings. The summed E-state index contributed by atoms with van der Waals surface area (Å²) < 4.78 is 4.22. The lowest BCUT2D eigenvalue weighted by Crippen LogP contribution is -2.46. The lowest BCUT2D eigenvalue weighted by atomic mass is 9.99. The normalized spacial score (nSPS) is 15.3. The van der Waals surface area contributed by atoms with Crippen molar-refractivity contribution in [3.8, 4) is 0 Å². The van der Waals surface area contributed by atoms with Crippen LogP contribution >= 0.6 is 0 Å². The number of hydrogen-bond donors (Lipinski definition) is 1. The molecule has 1 aliphatic rings. The maximum atomic E-state index is 13.3. The molecule has 3 heterocycles. The Bertz CT molecular complexity index is 1010. The van der Waals surface area contributed by atoms with E-state index in [1.165, 1.54) is 4.57 Å². The number of likely N-dealkylation sites (tertiary alicyclic amines) is 1. The van der Waals surface area contributed by atoms with Crippen LogP contribution in [-0.2, 0) is 31.0 Å². The Hall–Kier alpha value is -2.42. The highest BCUT2D eigenvalue weighted by molar-refractivity contribution is 5.77. The average molecular weight is 420 g/mol. The highest BCUT2D eigenvalue weighted by Crippen LogP contribution is 2.17. The Labute approximate surface area is 175 Å². The molecule has 9 nitrogen and oxygen atoms in total. The molecular formula is C21H33N5O4. The fourth-order valence-corrected chi connectivity index (χ4v) is 4.07. The summed E-state index contributed by atoms with van der Waals surface area (Å²) in [7, 11) is 0. The van der Waals surface area contributed by atoms with Crippen LogP contribution in [0, 0.1) is 5.92 Å². The number of piperidine rings is 1. The third kappa shape index (κ3) is 4.21. The Morgan fingerprint density at radius 2 is 1.77 bits per heavy atom. The number of aryl methyl sites for hydroxylation is 2. The van der Waals surface area contributed by atoms with Crippen molar-refractivity contribution in [3.63, 3.8) is 0 Å². The first-order chi connectivity index (χ1) is 14.4. The Balaban J connectivity index is 2.11. The van der Waals surface area contributed by atoms with E-state index in [0.717, 1.165) is 36.7 Å². The van der Waals surface area contributed by atoms with Gasteiger partial charge in [-0.2, -0.15) is 0 Å². The van der Waals surface area contributed by atoms with Crippen molar-refractivity contribution < 1.29 is 9.90 Å². The number of aliphatic hydroxyl groups is 1. The van der Waals surface area contributed by atoms with Crippen molar-refractivity contribution in [2.45, 2.75) is 79.1 Å². The number of amides is 1. The molecule has 9 heteroatoms. The number of rotatable bonds is 8. The van der Waals surface area contributed by atoms with Crippen LogP contribution in [0.2, 0.25) is 0 Å². The lowest BCUT2D eigenvalue weighted by molar-refractivity contribution is -0.133. The van der Waals surface area contributed by atoms with E-state index < -0.39 is 11.2 Å². The molecule has 166 valence electrons. The summed E-state index contributed by atoms with van der Waals surface area (Å²) in [6.45, 7) is 7.81. The SMILES string of the molecule is CCCCn1c(=O)n(CC(=O)N2CCC(C)CC2)c(=O)c2c1nc(CO)n2CCC. The minimum absolute atomic E-state index is 0.202. The molecule has 1 amide bonds. The first kappa shape index (κ1) is 22.3. The standard InChI is InChI=1S/C21H33N5O4/c1-4-6-10-25-19-18(24(9-5-2)16(14-27)22-19)20(29)26(21(25)30)13-17(28)23-11-7-15(3)8-12-23/h15,27H,4-14H2,1-3H3. The number of aliphatic hydroxyl groups excluding tert-OH is 1. The van der Waals surface area contributed by atoms with Crippen LogP contribution in [0.1, 0.15) is 58.7 Å². The lowest BCUT2D eigenvalue weighted by Gasteiger charge is -2.30. The summed E-state index contributed by atoms with van der Waals surface area (Å²) in [6, 6.07) is 0. The molecule has 0 bridgehead atoms. The van der Waals surface area contributed by atoms with Gasteiger partial charge in [0.1, 0.15) is 19.0 Å². The molecule has 1 fully saturated rings. The molecule has 0 spiro atoms. The van der Waals surface area contributed by atoms with Gasteiger partial charge in [0, 0.05) is 26.2 Å². The highest BCUT2D eigenvalue weighted by atomic mass is 16.3. The largest absolute Gasteiger partial charge is 0.388 e. The Morgan fingerprint density at radius 1 is 1.07 bits per heavy atom. The number of aromatic nitrogens is 4. The zero-order valence-electron chi connectivity index (χ0n) is 18.3. The molecule has 1 N–H and O–H groups in total. The van der Waals surface area contributed by atoms with E-state index >= 15 is 0 Å². The molecule has 1 aliphatic heterocycles. The summed E-state index contributed by atoms with van der Waals surface area (Å²) >= 11 is 0. The van der Waals surface area contributed by atoms with Gasteiger partial charge in [-0.05, 0) is 31.6 Å². The van der Waals surface area contributed by atoms with E-state index in [1.807, 2.05) is 13.8 Å². The second kappa shape index (κ2) is 9.59. The minimum Gasteiger partial charge on any atom is -0.388 e. The zero-order chi connectivity index (χ0) is 21.8. The summed E-state index contributed by atoms with van der Waals surface area (Å²) in [6.07, 6.45) is 4.24. The summed E-state index contributed by atoms with van der Waals surface area (Å²) in [4.78, 5) is 45.5. The molecule has 0 aliphatic carbocycles. The summed E-state index contributed by atoms with van der Waals surface area (Å²) in [5, 5.41) is 9.74. The first-order valence-electron chi connectivity index (χ1n) is 11.0. The quantitative estimate of drug-likeness (QED) is 0.695. The minimum atomic E-state index is -0.512. The summed E-state index contributed by atoms with van der Waals surface area (Å²) in [5.74, 6) is 0.744. The van der Waals surface area contributed by atoms with Crippen LogP contribution in [0.3, 0.4) is 0 Å². The van der Waals surface area contributed by atoms with Crippen LogP contribution in [0.15, 0.2) is 9.59 Å². The van der Waals surface area contributed by atoms with Crippen molar-refractivity contribution in [3.05, 3.63) is 26.7 Å². The van der Waals surface area contributed by atoms with E-state index in [9.17, 15) is 19.5 Å².